The molecule has 1 aliphatic rings. The van der Waals surface area contributed by atoms with Crippen LogP contribution in [0, 0.1) is 6.92 Å². The molecule has 1 heterocycles. The summed E-state index contributed by atoms with van der Waals surface area (Å²) in [5.74, 6) is -0.190. The summed E-state index contributed by atoms with van der Waals surface area (Å²) in [7, 11) is 1.55. The molecule has 0 bridgehead atoms. The molecule has 6 heteroatoms. The van der Waals surface area contributed by atoms with Crippen molar-refractivity contribution in [3.63, 3.8) is 0 Å². The predicted octanol–water partition coefficient (Wildman–Crippen LogP) is 5.01. The maximum Gasteiger partial charge on any atom is 0.295 e. The molecule has 1 aliphatic heterocycles. The van der Waals surface area contributed by atoms with Crippen LogP contribution < -0.4 is 9.47 Å². The van der Waals surface area contributed by atoms with Crippen LogP contribution in [0.3, 0.4) is 0 Å². The highest BCUT2D eigenvalue weighted by Crippen LogP contribution is 2.43. The number of ketones is 1. The van der Waals surface area contributed by atoms with Gasteiger partial charge in [-0.3, -0.25) is 9.59 Å². The molecule has 0 saturated carbocycles. The topological polar surface area (TPSA) is 76.1 Å². The van der Waals surface area contributed by atoms with Crippen molar-refractivity contribution in [2.45, 2.75) is 46.1 Å². The van der Waals surface area contributed by atoms with Crippen molar-refractivity contribution in [1.82, 2.24) is 4.90 Å². The van der Waals surface area contributed by atoms with E-state index in [1.807, 2.05) is 32.0 Å². The highest BCUT2D eigenvalue weighted by atomic mass is 16.5. The Labute approximate surface area is 189 Å². The van der Waals surface area contributed by atoms with Crippen molar-refractivity contribution in [2.24, 2.45) is 0 Å². The average Bonchev–Trinajstić information content (AvgIpc) is 3.05. The number of hydrogen-bond acceptors (Lipinski definition) is 5. The molecule has 0 aliphatic carbocycles. The highest BCUT2D eigenvalue weighted by Gasteiger charge is 2.46. The number of ether oxygens (including phenoxy) is 2. The van der Waals surface area contributed by atoms with Crippen molar-refractivity contribution in [2.75, 3.05) is 20.3 Å². The maximum atomic E-state index is 13.1. The van der Waals surface area contributed by atoms with E-state index < -0.39 is 17.7 Å². The third-order valence-corrected chi connectivity index (χ3v) is 5.72. The summed E-state index contributed by atoms with van der Waals surface area (Å²) in [5, 5.41) is 11.2. The number of aliphatic hydroxyl groups is 1. The van der Waals surface area contributed by atoms with Gasteiger partial charge in [0.15, 0.2) is 0 Å². The lowest BCUT2D eigenvalue weighted by molar-refractivity contribution is -0.139. The molecule has 170 valence electrons. The van der Waals surface area contributed by atoms with Gasteiger partial charge in [-0.05, 0) is 50.1 Å². The van der Waals surface area contributed by atoms with Crippen LogP contribution in [0.4, 0.5) is 0 Å². The van der Waals surface area contributed by atoms with Gasteiger partial charge < -0.3 is 19.5 Å². The van der Waals surface area contributed by atoms with E-state index in [1.54, 1.807) is 36.3 Å². The van der Waals surface area contributed by atoms with E-state index in [4.69, 9.17) is 9.47 Å². The Morgan fingerprint density at radius 3 is 2.47 bits per heavy atom. The number of benzene rings is 2. The van der Waals surface area contributed by atoms with E-state index in [9.17, 15) is 14.7 Å². The Morgan fingerprint density at radius 1 is 1.06 bits per heavy atom. The van der Waals surface area contributed by atoms with Crippen molar-refractivity contribution in [3.8, 4) is 11.5 Å². The third kappa shape index (κ3) is 4.49. The van der Waals surface area contributed by atoms with Crippen LogP contribution in [0.15, 0.2) is 48.0 Å². The molecule has 2 aromatic rings. The highest BCUT2D eigenvalue weighted by molar-refractivity contribution is 6.46. The number of likely N-dealkylation sites (tertiary alicyclic amines) is 1. The van der Waals surface area contributed by atoms with Gasteiger partial charge in [0.1, 0.15) is 17.3 Å². The minimum Gasteiger partial charge on any atom is -0.507 e. The lowest BCUT2D eigenvalue weighted by Crippen LogP contribution is -2.30. The number of aryl methyl sites for hydroxylation is 1. The number of para-hydroxylation sites is 1. The summed E-state index contributed by atoms with van der Waals surface area (Å²) < 4.78 is 11.1. The molecule has 2 aromatic carbocycles. The third-order valence-electron chi connectivity index (χ3n) is 5.72. The zero-order valence-electron chi connectivity index (χ0n) is 19.2. The first-order valence-electron chi connectivity index (χ1n) is 11.1. The number of amides is 1. The van der Waals surface area contributed by atoms with E-state index in [0.29, 0.717) is 35.8 Å². The van der Waals surface area contributed by atoms with Gasteiger partial charge >= 0.3 is 0 Å². The van der Waals surface area contributed by atoms with E-state index >= 15 is 0 Å². The monoisotopic (exact) mass is 437 g/mol. The molecule has 1 amide bonds. The number of carbonyl (C=O) groups is 2. The van der Waals surface area contributed by atoms with Crippen molar-refractivity contribution < 1.29 is 24.2 Å². The summed E-state index contributed by atoms with van der Waals surface area (Å²) in [6.45, 7) is 6.83. The fourth-order valence-electron chi connectivity index (χ4n) is 4.13. The molecule has 6 nitrogen and oxygen atoms in total. The zero-order chi connectivity index (χ0) is 23.3. The number of aliphatic hydroxyl groups excluding tert-OH is 1. The fourth-order valence-corrected chi connectivity index (χ4v) is 4.13. The molecule has 0 radical (unpaired) electrons. The molecule has 0 spiro atoms. The average molecular weight is 438 g/mol. The lowest BCUT2D eigenvalue weighted by atomic mass is 9.94. The second-order valence-electron chi connectivity index (χ2n) is 7.85. The molecule has 1 atom stereocenters. The summed E-state index contributed by atoms with van der Waals surface area (Å²) in [6, 6.07) is 11.8. The number of carbonyl (C=O) groups excluding carboxylic acids is 2. The minimum atomic E-state index is -0.713. The van der Waals surface area contributed by atoms with Crippen molar-refractivity contribution >= 4 is 17.4 Å². The second-order valence-corrected chi connectivity index (χ2v) is 7.85. The van der Waals surface area contributed by atoms with Crippen LogP contribution in [-0.2, 0) is 9.59 Å². The van der Waals surface area contributed by atoms with Gasteiger partial charge in [-0.2, -0.15) is 0 Å². The molecular formula is C26H31NO5. The first-order chi connectivity index (χ1) is 15.4. The maximum absolute atomic E-state index is 13.1. The van der Waals surface area contributed by atoms with Gasteiger partial charge in [-0.25, -0.2) is 0 Å². The number of Topliss-reactive ketones (excluding diaryl/α,β-unsaturated/α-hetero) is 1. The largest absolute Gasteiger partial charge is 0.507 e. The van der Waals surface area contributed by atoms with Crippen molar-refractivity contribution in [1.29, 1.82) is 0 Å². The molecule has 32 heavy (non-hydrogen) atoms. The minimum absolute atomic E-state index is 0.0829. The van der Waals surface area contributed by atoms with Gasteiger partial charge in [-0.15, -0.1) is 0 Å². The van der Waals surface area contributed by atoms with Crippen LogP contribution in [0.25, 0.3) is 5.76 Å². The van der Waals surface area contributed by atoms with E-state index in [0.717, 1.165) is 24.8 Å². The molecule has 0 aromatic heterocycles. The van der Waals surface area contributed by atoms with Crippen LogP contribution >= 0.6 is 0 Å². The summed E-state index contributed by atoms with van der Waals surface area (Å²) in [6.07, 6.45) is 2.71. The Balaban J connectivity index is 2.15. The Hall–Kier alpha value is -3.28. The molecule has 1 fully saturated rings. The van der Waals surface area contributed by atoms with Gasteiger partial charge in [0.2, 0.25) is 0 Å². The van der Waals surface area contributed by atoms with Crippen LogP contribution in [0.5, 0.6) is 11.5 Å². The number of rotatable bonds is 9. The van der Waals surface area contributed by atoms with Crippen LogP contribution in [-0.4, -0.2) is 42.0 Å². The Bertz CT molecular complexity index is 1030. The van der Waals surface area contributed by atoms with Crippen LogP contribution in [0.1, 0.15) is 55.8 Å². The van der Waals surface area contributed by atoms with E-state index in [2.05, 4.69) is 6.92 Å². The normalized spacial score (nSPS) is 17.6. The summed E-state index contributed by atoms with van der Waals surface area (Å²) in [4.78, 5) is 27.7. The van der Waals surface area contributed by atoms with Gasteiger partial charge in [-0.1, -0.05) is 38.0 Å². The van der Waals surface area contributed by atoms with Crippen molar-refractivity contribution in [3.05, 3.63) is 64.7 Å². The summed E-state index contributed by atoms with van der Waals surface area (Å²) >= 11 is 0. The van der Waals surface area contributed by atoms with Gasteiger partial charge in [0, 0.05) is 17.7 Å². The molecule has 1 N–H and O–H groups in total. The van der Waals surface area contributed by atoms with Gasteiger partial charge in [0.25, 0.3) is 11.7 Å². The molecule has 1 saturated heterocycles. The zero-order valence-corrected chi connectivity index (χ0v) is 19.2. The Kier molecular flexibility index (Phi) is 7.57. The SMILES string of the molecule is CCCCCN1C(=O)C(=O)/C(=C(/O)c2ccc(OCC)c(C)c2)C1c1ccccc1OC. The molecule has 3 rings (SSSR count). The Morgan fingerprint density at radius 2 is 1.81 bits per heavy atom. The number of methoxy groups -OCH3 is 1. The number of nitrogens with zero attached hydrogens (tertiary/aromatic N) is 1. The predicted molar refractivity (Wildman–Crippen MR) is 124 cm³/mol. The smallest absolute Gasteiger partial charge is 0.295 e. The van der Waals surface area contributed by atoms with Crippen LogP contribution in [0.2, 0.25) is 0 Å². The second kappa shape index (κ2) is 10.4. The van der Waals surface area contributed by atoms with E-state index in [1.165, 1.54) is 0 Å². The fraction of sp³-hybridized carbons (Fsp3) is 0.385. The van der Waals surface area contributed by atoms with Gasteiger partial charge in [0.05, 0.1) is 25.3 Å². The summed E-state index contributed by atoms with van der Waals surface area (Å²) in [5.41, 5.74) is 2.06. The van der Waals surface area contributed by atoms with E-state index in [-0.39, 0.29) is 11.3 Å². The standard InChI is InChI=1S/C26H31NO5/c1-5-7-10-15-27-23(19-11-8-9-12-21(19)31-4)22(25(29)26(27)30)24(28)18-13-14-20(32-6-2)17(3)16-18/h8-9,11-14,16,23,28H,5-7,10,15H2,1-4H3/b24-22+. The molecule has 1 unspecified atom stereocenters. The number of hydrogen-bond donors (Lipinski definition) is 1. The number of unbranched alkanes of at least 4 members (excludes halogenated alkanes) is 2. The lowest BCUT2D eigenvalue weighted by Gasteiger charge is -2.26. The molecular weight excluding hydrogens is 406 g/mol. The quantitative estimate of drug-likeness (QED) is 0.258. The first kappa shape index (κ1) is 23.4. The first-order valence-corrected chi connectivity index (χ1v) is 11.1.